The number of aromatic amines is 1. The highest BCUT2D eigenvalue weighted by atomic mass is 79.9. The lowest BCUT2D eigenvalue weighted by atomic mass is 10.2. The Morgan fingerprint density at radius 2 is 2.17 bits per heavy atom. The summed E-state index contributed by atoms with van der Waals surface area (Å²) >= 11 is 3.39. The van der Waals surface area contributed by atoms with Gasteiger partial charge in [-0.2, -0.15) is 0 Å². The Bertz CT molecular complexity index is 408. The number of hydrogen-bond donors (Lipinski definition) is 2. The molecule has 0 fully saturated rings. The molecule has 0 spiro atoms. The van der Waals surface area contributed by atoms with Crippen molar-refractivity contribution < 1.29 is 5.11 Å². The van der Waals surface area contributed by atoms with E-state index in [9.17, 15) is 0 Å². The molecule has 1 heterocycles. The smallest absolute Gasteiger partial charge is 0.0831 e. The van der Waals surface area contributed by atoms with Crippen LogP contribution in [0.3, 0.4) is 0 Å². The molecule has 1 aromatic carbocycles. The van der Waals surface area contributed by atoms with E-state index in [1.54, 1.807) is 0 Å². The Morgan fingerprint density at radius 3 is 2.92 bits per heavy atom. The summed E-state index contributed by atoms with van der Waals surface area (Å²) < 4.78 is 1.05. The van der Waals surface area contributed by atoms with Crippen LogP contribution in [0.15, 0.2) is 28.7 Å². The van der Waals surface area contributed by atoms with Gasteiger partial charge in [0.15, 0.2) is 0 Å². The summed E-state index contributed by atoms with van der Waals surface area (Å²) in [4.78, 5) is 3.10. The number of fused-ring (bicyclic) bond motifs is 1. The molecule has 0 radical (unpaired) electrons. The normalized spacial score (nSPS) is 10.8. The van der Waals surface area contributed by atoms with Crippen LogP contribution >= 0.6 is 15.9 Å². The maximum atomic E-state index is 8.86. The van der Waals surface area contributed by atoms with Crippen LogP contribution in [0.25, 0.3) is 10.9 Å². The Labute approximate surface area is 78.3 Å². The molecule has 62 valence electrons. The van der Waals surface area contributed by atoms with Gasteiger partial charge in [-0.25, -0.2) is 0 Å². The summed E-state index contributed by atoms with van der Waals surface area (Å²) in [6.07, 6.45) is 0. The molecule has 1 aromatic heterocycles. The number of aromatic nitrogens is 1. The number of halogens is 1. The third kappa shape index (κ3) is 1.26. The molecule has 2 aromatic rings. The number of benzene rings is 1. The highest BCUT2D eigenvalue weighted by molar-refractivity contribution is 9.10. The molecule has 2 N–H and O–H groups in total. The first-order chi connectivity index (χ1) is 5.79. The molecule has 0 unspecified atom stereocenters. The second-order valence-corrected chi connectivity index (χ2v) is 3.60. The maximum absolute atomic E-state index is 8.86. The Kier molecular flexibility index (Phi) is 1.90. The first-order valence-corrected chi connectivity index (χ1v) is 4.47. The molecule has 0 amide bonds. The lowest BCUT2D eigenvalue weighted by Crippen LogP contribution is -1.78. The predicted molar refractivity (Wildman–Crippen MR) is 51.9 cm³/mol. The van der Waals surface area contributed by atoms with Crippen molar-refractivity contribution in [2.45, 2.75) is 6.61 Å². The number of aliphatic hydroxyl groups is 1. The average Bonchev–Trinajstić information content (AvgIpc) is 2.46. The van der Waals surface area contributed by atoms with Crippen LogP contribution < -0.4 is 0 Å². The first kappa shape index (κ1) is 7.83. The van der Waals surface area contributed by atoms with Crippen molar-refractivity contribution in [3.63, 3.8) is 0 Å². The Morgan fingerprint density at radius 1 is 1.33 bits per heavy atom. The van der Waals surface area contributed by atoms with E-state index in [-0.39, 0.29) is 6.61 Å². The van der Waals surface area contributed by atoms with E-state index in [0.29, 0.717) is 0 Å². The standard InChI is InChI=1S/C9H8BrNO/c10-7-1-2-9-6(3-7)4-8(5-12)11-9/h1-4,11-12H,5H2. The van der Waals surface area contributed by atoms with E-state index >= 15 is 0 Å². The van der Waals surface area contributed by atoms with Crippen molar-refractivity contribution in [1.82, 2.24) is 4.98 Å². The van der Waals surface area contributed by atoms with Gasteiger partial charge in [0, 0.05) is 21.1 Å². The molecule has 0 aliphatic rings. The van der Waals surface area contributed by atoms with Gasteiger partial charge < -0.3 is 10.1 Å². The van der Waals surface area contributed by atoms with E-state index in [0.717, 1.165) is 21.1 Å². The lowest BCUT2D eigenvalue weighted by molar-refractivity contribution is 0.278. The summed E-state index contributed by atoms with van der Waals surface area (Å²) in [7, 11) is 0. The van der Waals surface area contributed by atoms with Crippen LogP contribution in [0.4, 0.5) is 0 Å². The summed E-state index contributed by atoms with van der Waals surface area (Å²) in [5.41, 5.74) is 1.91. The first-order valence-electron chi connectivity index (χ1n) is 3.67. The van der Waals surface area contributed by atoms with E-state index in [1.807, 2.05) is 24.3 Å². The molecule has 3 heteroatoms. The highest BCUT2D eigenvalue weighted by Crippen LogP contribution is 2.20. The zero-order valence-electron chi connectivity index (χ0n) is 6.34. The quantitative estimate of drug-likeness (QED) is 0.769. The lowest BCUT2D eigenvalue weighted by Gasteiger charge is -1.89. The fourth-order valence-electron chi connectivity index (χ4n) is 1.25. The van der Waals surface area contributed by atoms with Crippen molar-refractivity contribution in [2.24, 2.45) is 0 Å². The fourth-order valence-corrected chi connectivity index (χ4v) is 1.63. The van der Waals surface area contributed by atoms with Crippen LogP contribution in [0, 0.1) is 0 Å². The summed E-state index contributed by atoms with van der Waals surface area (Å²) in [5.74, 6) is 0. The van der Waals surface area contributed by atoms with Crippen molar-refractivity contribution in [3.8, 4) is 0 Å². The summed E-state index contributed by atoms with van der Waals surface area (Å²) in [5, 5.41) is 9.98. The van der Waals surface area contributed by atoms with E-state index in [1.165, 1.54) is 0 Å². The van der Waals surface area contributed by atoms with Crippen molar-refractivity contribution in [3.05, 3.63) is 34.4 Å². The number of H-pyrrole nitrogens is 1. The van der Waals surface area contributed by atoms with Crippen molar-refractivity contribution in [2.75, 3.05) is 0 Å². The monoisotopic (exact) mass is 225 g/mol. The second kappa shape index (κ2) is 2.92. The number of aliphatic hydroxyl groups excluding tert-OH is 1. The van der Waals surface area contributed by atoms with Gasteiger partial charge in [0.2, 0.25) is 0 Å². The third-order valence-corrected chi connectivity index (χ3v) is 2.30. The molecule has 0 aliphatic carbocycles. The maximum Gasteiger partial charge on any atom is 0.0831 e. The topological polar surface area (TPSA) is 36.0 Å². The minimum absolute atomic E-state index is 0.0618. The third-order valence-electron chi connectivity index (χ3n) is 1.81. The van der Waals surface area contributed by atoms with Crippen molar-refractivity contribution >= 4 is 26.8 Å². The molecule has 0 atom stereocenters. The number of rotatable bonds is 1. The summed E-state index contributed by atoms with van der Waals surface area (Å²) in [6, 6.07) is 7.92. The number of nitrogens with one attached hydrogen (secondary N) is 1. The Balaban J connectivity index is 2.67. The molecule has 2 rings (SSSR count). The van der Waals surface area contributed by atoms with Gasteiger partial charge in [-0.15, -0.1) is 0 Å². The average molecular weight is 226 g/mol. The molecule has 2 nitrogen and oxygen atoms in total. The largest absolute Gasteiger partial charge is 0.390 e. The van der Waals surface area contributed by atoms with Crippen LogP contribution in [0.2, 0.25) is 0 Å². The molecule has 0 bridgehead atoms. The minimum atomic E-state index is 0.0618. The molecule has 0 aliphatic heterocycles. The SMILES string of the molecule is OCc1cc2cc(Br)ccc2[nH]1. The molecular weight excluding hydrogens is 218 g/mol. The zero-order valence-corrected chi connectivity index (χ0v) is 7.93. The van der Waals surface area contributed by atoms with E-state index < -0.39 is 0 Å². The highest BCUT2D eigenvalue weighted by Gasteiger charge is 1.98. The van der Waals surface area contributed by atoms with Crippen LogP contribution in [0.1, 0.15) is 5.69 Å². The zero-order chi connectivity index (χ0) is 8.55. The number of hydrogen-bond acceptors (Lipinski definition) is 1. The van der Waals surface area contributed by atoms with Crippen molar-refractivity contribution in [1.29, 1.82) is 0 Å². The van der Waals surface area contributed by atoms with Gasteiger partial charge in [0.05, 0.1) is 6.61 Å². The van der Waals surface area contributed by atoms with Crippen LogP contribution in [-0.4, -0.2) is 10.1 Å². The minimum Gasteiger partial charge on any atom is -0.390 e. The molecule has 12 heavy (non-hydrogen) atoms. The van der Waals surface area contributed by atoms with Gasteiger partial charge in [-0.3, -0.25) is 0 Å². The molecular formula is C9H8BrNO. The predicted octanol–water partition coefficient (Wildman–Crippen LogP) is 2.42. The van der Waals surface area contributed by atoms with Gasteiger partial charge in [-0.05, 0) is 24.3 Å². The van der Waals surface area contributed by atoms with Gasteiger partial charge >= 0.3 is 0 Å². The van der Waals surface area contributed by atoms with Gasteiger partial charge in [0.1, 0.15) is 0 Å². The van der Waals surface area contributed by atoms with Crippen LogP contribution in [0.5, 0.6) is 0 Å². The molecule has 0 saturated heterocycles. The summed E-state index contributed by atoms with van der Waals surface area (Å²) in [6.45, 7) is 0.0618. The molecule has 0 saturated carbocycles. The van der Waals surface area contributed by atoms with E-state index in [4.69, 9.17) is 5.11 Å². The second-order valence-electron chi connectivity index (χ2n) is 2.68. The van der Waals surface area contributed by atoms with Gasteiger partial charge in [0.25, 0.3) is 0 Å². The van der Waals surface area contributed by atoms with Gasteiger partial charge in [-0.1, -0.05) is 15.9 Å². The fraction of sp³-hybridized carbons (Fsp3) is 0.111. The van der Waals surface area contributed by atoms with Crippen LogP contribution in [-0.2, 0) is 6.61 Å². The Hall–Kier alpha value is -0.800. The van der Waals surface area contributed by atoms with E-state index in [2.05, 4.69) is 20.9 Å².